The number of likely N-dealkylation sites (tertiary alicyclic amines) is 1. The van der Waals surface area contributed by atoms with E-state index in [1.54, 1.807) is 88.4 Å². The quantitative estimate of drug-likeness (QED) is 0.0217. The molecule has 4 rings (SSSR count). The van der Waals surface area contributed by atoms with E-state index in [1.165, 1.54) is 41.3 Å². The second-order valence-corrected chi connectivity index (χ2v) is 22.7. The van der Waals surface area contributed by atoms with E-state index in [-0.39, 0.29) is 69.7 Å². The molecule has 11 amide bonds. The lowest BCUT2D eigenvalue weighted by Crippen LogP contribution is -2.61. The molecule has 0 spiro atoms. The van der Waals surface area contributed by atoms with Crippen LogP contribution in [0.3, 0.4) is 0 Å². The predicted molar refractivity (Wildman–Crippen MR) is 329 cm³/mol. The fourth-order valence-electron chi connectivity index (χ4n) is 9.85. The number of nitrogens with two attached hydrogens (primary N) is 5. The van der Waals surface area contributed by atoms with Crippen LogP contribution in [-0.4, -0.2) is 161 Å². The largest absolute Gasteiger partial charge is 0.508 e. The summed E-state index contributed by atoms with van der Waals surface area (Å²) in [6, 6.07) is 10.3. The zero-order chi connectivity index (χ0) is 65.7. The summed E-state index contributed by atoms with van der Waals surface area (Å²) in [7, 11) is 0. The van der Waals surface area contributed by atoms with E-state index in [1.807, 2.05) is 0 Å². The van der Waals surface area contributed by atoms with Crippen LogP contribution in [0.2, 0.25) is 0 Å². The maximum absolute atomic E-state index is 14.9. The van der Waals surface area contributed by atoms with Crippen LogP contribution in [0.4, 0.5) is 0 Å². The maximum atomic E-state index is 14.9. The van der Waals surface area contributed by atoms with Crippen molar-refractivity contribution >= 4 is 71.3 Å². The molecule has 0 saturated carbocycles. The first-order chi connectivity index (χ1) is 42.3. The van der Waals surface area contributed by atoms with E-state index < -0.39 is 144 Å². The lowest BCUT2D eigenvalue weighted by atomic mass is 9.99. The molecule has 0 unspecified atom stereocenters. The van der Waals surface area contributed by atoms with Gasteiger partial charge in [-0.3, -0.25) is 52.7 Å². The Morgan fingerprint density at radius 1 is 0.596 bits per heavy atom. The summed E-state index contributed by atoms with van der Waals surface area (Å²) < 4.78 is 0. The average molecular weight is 1240 g/mol. The molecular weight excluding hydrogens is 1150 g/mol. The van der Waals surface area contributed by atoms with Crippen molar-refractivity contribution in [2.24, 2.45) is 40.5 Å². The average Bonchev–Trinajstić information content (AvgIpc) is 4.28. The highest BCUT2D eigenvalue weighted by Crippen LogP contribution is 2.22. The van der Waals surface area contributed by atoms with Crippen LogP contribution in [0.5, 0.6) is 5.75 Å². The second-order valence-electron chi connectivity index (χ2n) is 22.7. The Bertz CT molecular complexity index is 2910. The first kappa shape index (κ1) is 72.4. The number of rotatable bonds is 37. The summed E-state index contributed by atoms with van der Waals surface area (Å²) in [5.41, 5.74) is 29.7. The monoisotopic (exact) mass is 1240 g/mol. The summed E-state index contributed by atoms with van der Waals surface area (Å²) in [5.74, 6) is -10.0. The number of hydrogen-bond donors (Lipinski definition) is 14. The molecule has 1 fully saturated rings. The van der Waals surface area contributed by atoms with Crippen molar-refractivity contribution in [1.29, 1.82) is 0 Å². The number of aldehydes is 1. The molecule has 3 aromatic rings. The fourth-order valence-corrected chi connectivity index (χ4v) is 9.85. The highest BCUT2D eigenvalue weighted by molar-refractivity contribution is 5.99. The molecule has 1 heterocycles. The minimum atomic E-state index is -1.52. The molecule has 0 aromatic heterocycles. The highest BCUT2D eigenvalue weighted by Gasteiger charge is 2.41. The van der Waals surface area contributed by atoms with E-state index in [4.69, 9.17) is 28.7 Å². The Labute approximate surface area is 517 Å². The fraction of sp³-hybridized carbons (Fsp3) is 0.484. The van der Waals surface area contributed by atoms with Crippen LogP contribution in [0, 0.1) is 11.8 Å². The van der Waals surface area contributed by atoms with Gasteiger partial charge in [-0.2, -0.15) is 0 Å². The van der Waals surface area contributed by atoms with Gasteiger partial charge in [0.2, 0.25) is 65.0 Å². The number of nitrogens with zero attached hydrogens (tertiary/aromatic N) is 1. The minimum Gasteiger partial charge on any atom is -0.508 e. The molecule has 89 heavy (non-hydrogen) atoms. The Morgan fingerprint density at radius 3 is 1.67 bits per heavy atom. The van der Waals surface area contributed by atoms with E-state index in [2.05, 4.69) is 42.5 Å². The third-order valence-electron chi connectivity index (χ3n) is 14.6. The molecule has 0 bridgehead atoms. The zero-order valence-electron chi connectivity index (χ0n) is 50.8. The van der Waals surface area contributed by atoms with Crippen molar-refractivity contribution in [1.82, 2.24) is 47.4 Å². The molecule has 484 valence electrons. The van der Waals surface area contributed by atoms with Gasteiger partial charge in [-0.1, -0.05) is 113 Å². The van der Waals surface area contributed by atoms with E-state index in [9.17, 15) is 62.6 Å². The van der Waals surface area contributed by atoms with Crippen molar-refractivity contribution in [2.45, 2.75) is 159 Å². The number of hydrogen-bond acceptors (Lipinski definition) is 16. The minimum absolute atomic E-state index is 0.0349. The van der Waals surface area contributed by atoms with Crippen LogP contribution in [0.15, 0.2) is 97.1 Å². The molecule has 27 nitrogen and oxygen atoms in total. The van der Waals surface area contributed by atoms with Crippen molar-refractivity contribution in [2.75, 3.05) is 19.6 Å². The highest BCUT2D eigenvalue weighted by atomic mass is 16.3. The summed E-state index contributed by atoms with van der Waals surface area (Å²) in [4.78, 5) is 165. The summed E-state index contributed by atoms with van der Waals surface area (Å²) in [5, 5.41) is 31.3. The van der Waals surface area contributed by atoms with Crippen LogP contribution in [0.25, 0.3) is 0 Å². The van der Waals surface area contributed by atoms with Gasteiger partial charge in [0.1, 0.15) is 60.4 Å². The van der Waals surface area contributed by atoms with Crippen molar-refractivity contribution < 1.29 is 62.6 Å². The lowest BCUT2D eigenvalue weighted by Gasteiger charge is -2.31. The molecule has 1 aliphatic rings. The number of amides is 11. The van der Waals surface area contributed by atoms with Crippen molar-refractivity contribution in [3.8, 4) is 5.75 Å². The van der Waals surface area contributed by atoms with Gasteiger partial charge >= 0.3 is 0 Å². The summed E-state index contributed by atoms with van der Waals surface area (Å²) in [6.45, 7) is 7.13. The maximum Gasteiger partial charge on any atom is 0.247 e. The first-order valence-corrected chi connectivity index (χ1v) is 29.8. The van der Waals surface area contributed by atoms with Crippen molar-refractivity contribution in [3.05, 3.63) is 114 Å². The lowest BCUT2D eigenvalue weighted by molar-refractivity contribution is -0.142. The molecular formula is C62H88N14O13. The van der Waals surface area contributed by atoms with Gasteiger partial charge in [-0.05, 0) is 85.7 Å². The third-order valence-corrected chi connectivity index (χ3v) is 14.6. The zero-order valence-corrected chi connectivity index (χ0v) is 50.8. The number of nitrogens with one attached hydrogen (secondary N) is 8. The topological polar surface area (TPSA) is 455 Å². The third kappa shape index (κ3) is 24.5. The standard InChI is InChI=1S/C62H88N14O13/c1-36(2)30-46(58(85)74-49(33-39-16-9-6-10-17-39)62(89)76-29-13-20-50(76)60(87)73-47(31-38-14-7-5-8-15-38)57(84)68-41(35-77)18-11-27-63)71-55(82)44(19-12-28-64)70-61(88)53(37(3)4)75-59(86)48(32-40-21-23-42(78)24-22-40)72-56(83)45(25-26-51(66)79)69-54(81)43(65)34-52(67)80/h5-10,12,14-17,19,21-24,35-37,41,43-50,53,78H,11,13,18,20,25-34,63-65H2,1-4H3,(H2,66,79)(H2,67,80)(H,68,84)(H,69,81)(H,70,88)(H,71,82)(H,72,83)(H,73,87)(H,74,85)(H,75,86)/b19-12-/t41-,43-,44-,45-,46-,47-,48-,49+,50-,53-/m0/s1. The Kier molecular flexibility index (Phi) is 30.0. The summed E-state index contributed by atoms with van der Waals surface area (Å²) in [6.07, 6.45) is 3.17. The number of aromatic hydroxyl groups is 1. The number of carbonyl (C=O) groups is 12. The molecule has 3 aromatic carbocycles. The van der Waals surface area contributed by atoms with E-state index in [0.29, 0.717) is 36.8 Å². The van der Waals surface area contributed by atoms with Crippen LogP contribution in [0.1, 0.15) is 95.8 Å². The van der Waals surface area contributed by atoms with Crippen LogP contribution >= 0.6 is 0 Å². The van der Waals surface area contributed by atoms with Crippen molar-refractivity contribution in [3.63, 3.8) is 0 Å². The number of phenolic OH excluding ortho intramolecular Hbond substituents is 1. The smallest absolute Gasteiger partial charge is 0.247 e. The van der Waals surface area contributed by atoms with Gasteiger partial charge in [-0.25, -0.2) is 0 Å². The van der Waals surface area contributed by atoms with Crippen LogP contribution in [-0.2, 0) is 76.8 Å². The SMILES string of the molecule is CC(C)C[C@H](NC(=O)[C@H](/C=C\CN)NC(=O)[C@@H](NC(=O)[C@H](Cc1ccc(O)cc1)NC(=O)[C@H](CCC(N)=O)NC(=O)[C@@H](N)CC(N)=O)C(C)C)C(=O)N[C@H](Cc1ccccc1)C(=O)N1CCC[C@H]1C(=O)N[C@@H](Cc1ccccc1)C(=O)N[C@H](C=O)CCCN. The van der Waals surface area contributed by atoms with Gasteiger partial charge in [-0.15, -0.1) is 0 Å². The predicted octanol–water partition coefficient (Wildman–Crippen LogP) is -2.09. The first-order valence-electron chi connectivity index (χ1n) is 29.8. The number of carbonyl (C=O) groups excluding carboxylic acids is 12. The summed E-state index contributed by atoms with van der Waals surface area (Å²) >= 11 is 0. The van der Waals surface area contributed by atoms with E-state index >= 15 is 0 Å². The molecule has 19 N–H and O–H groups in total. The number of primary amides is 2. The molecule has 0 radical (unpaired) electrons. The molecule has 1 saturated heterocycles. The van der Waals surface area contributed by atoms with Gasteiger partial charge in [0.15, 0.2) is 0 Å². The molecule has 10 atom stereocenters. The Hall–Kier alpha value is -9.08. The number of phenols is 1. The number of benzene rings is 3. The van der Waals surface area contributed by atoms with Gasteiger partial charge < -0.3 is 86.0 Å². The molecule has 0 aliphatic carbocycles. The van der Waals surface area contributed by atoms with E-state index in [0.717, 1.165) is 5.56 Å². The van der Waals surface area contributed by atoms with Crippen LogP contribution < -0.4 is 71.2 Å². The second kappa shape index (κ2) is 36.9. The molecule has 27 heteroatoms. The van der Waals surface area contributed by atoms with Gasteiger partial charge in [0.25, 0.3) is 0 Å². The molecule has 1 aliphatic heterocycles. The normalized spacial score (nSPS) is 16.0. The van der Waals surface area contributed by atoms with Gasteiger partial charge in [0, 0.05) is 38.8 Å². The Balaban J connectivity index is 1.60. The Morgan fingerprint density at radius 2 is 1.12 bits per heavy atom. The van der Waals surface area contributed by atoms with Gasteiger partial charge in [0.05, 0.1) is 18.5 Å².